The van der Waals surface area contributed by atoms with Gasteiger partial charge in [-0.2, -0.15) is 0 Å². The van der Waals surface area contributed by atoms with Crippen LogP contribution in [-0.2, 0) is 66.4 Å². The van der Waals surface area contributed by atoms with Gasteiger partial charge in [0, 0.05) is 91.4 Å². The van der Waals surface area contributed by atoms with Crippen LogP contribution in [0.15, 0.2) is 0 Å². The minimum atomic E-state index is 0.154. The van der Waals surface area contributed by atoms with E-state index in [-0.39, 0.29) is 11.8 Å². The standard InChI is InChI=1S/C56H110N6O14/c63-55(15-11-7-3-1-5-9-13-21-59-23-35-69-47-43-65-31-17-57-18-32-66-44-48-70-36-24-59)61-27-39-73-51-53-75-41-29-62(30-42-76-54-52-74-40-28-61)56(64)16-12-8-4-2-6-10-14-22-60-25-37-71-49-45-67-33-19-58-20-34-68-46-50-72-38-26-60/h57-58H,1-54H2. The summed E-state index contributed by atoms with van der Waals surface area (Å²) in [5, 5.41) is 6.62. The lowest BCUT2D eigenvalue weighted by Crippen LogP contribution is -2.38. The average Bonchev–Trinajstić information content (AvgIpc) is 3.42. The lowest BCUT2D eigenvalue weighted by molar-refractivity contribution is -0.134. The lowest BCUT2D eigenvalue weighted by atomic mass is 10.1. The van der Waals surface area contributed by atoms with Gasteiger partial charge < -0.3 is 77.3 Å². The van der Waals surface area contributed by atoms with Gasteiger partial charge >= 0.3 is 0 Å². The van der Waals surface area contributed by atoms with Crippen molar-refractivity contribution >= 4 is 11.8 Å². The number of carbonyl (C=O) groups excluding carboxylic acids is 2. The van der Waals surface area contributed by atoms with Crippen LogP contribution in [0.1, 0.15) is 103 Å². The van der Waals surface area contributed by atoms with Crippen molar-refractivity contribution in [2.75, 3.05) is 250 Å². The van der Waals surface area contributed by atoms with E-state index in [2.05, 4.69) is 20.4 Å². The Morgan fingerprint density at radius 2 is 0.461 bits per heavy atom. The highest BCUT2D eigenvalue weighted by atomic mass is 16.5. The minimum Gasteiger partial charge on any atom is -0.378 e. The quantitative estimate of drug-likeness (QED) is 0.167. The summed E-state index contributed by atoms with van der Waals surface area (Å²) in [6.07, 6.45) is 16.7. The molecule has 3 saturated heterocycles. The largest absolute Gasteiger partial charge is 0.378 e. The molecule has 0 aromatic carbocycles. The van der Waals surface area contributed by atoms with E-state index in [1.165, 1.54) is 38.5 Å². The molecule has 3 rings (SSSR count). The van der Waals surface area contributed by atoms with Crippen LogP contribution in [0.3, 0.4) is 0 Å². The van der Waals surface area contributed by atoms with Crippen LogP contribution in [0.2, 0.25) is 0 Å². The zero-order chi connectivity index (χ0) is 53.5. The van der Waals surface area contributed by atoms with E-state index in [0.29, 0.717) is 198 Å². The number of hydrogen-bond acceptors (Lipinski definition) is 18. The third-order valence-electron chi connectivity index (χ3n) is 13.6. The zero-order valence-electron chi connectivity index (χ0n) is 47.7. The van der Waals surface area contributed by atoms with Gasteiger partial charge in [0.05, 0.1) is 159 Å². The third-order valence-corrected chi connectivity index (χ3v) is 13.6. The zero-order valence-corrected chi connectivity index (χ0v) is 47.7. The number of nitrogens with one attached hydrogen (secondary N) is 2. The van der Waals surface area contributed by atoms with Gasteiger partial charge in [-0.3, -0.25) is 19.4 Å². The summed E-state index contributed by atoms with van der Waals surface area (Å²) in [5.41, 5.74) is 0. The molecule has 0 aliphatic carbocycles. The predicted molar refractivity (Wildman–Crippen MR) is 295 cm³/mol. The van der Waals surface area contributed by atoms with Gasteiger partial charge in [-0.05, 0) is 38.8 Å². The first-order valence-corrected chi connectivity index (χ1v) is 30.1. The van der Waals surface area contributed by atoms with E-state index >= 15 is 0 Å². The molecule has 3 heterocycles. The van der Waals surface area contributed by atoms with Crippen molar-refractivity contribution in [3.63, 3.8) is 0 Å². The first-order valence-electron chi connectivity index (χ1n) is 30.1. The van der Waals surface area contributed by atoms with E-state index in [1.807, 2.05) is 9.80 Å². The van der Waals surface area contributed by atoms with Gasteiger partial charge in [-0.1, -0.05) is 64.2 Å². The maximum absolute atomic E-state index is 13.3. The van der Waals surface area contributed by atoms with Gasteiger partial charge in [-0.25, -0.2) is 0 Å². The Morgan fingerprint density at radius 3 is 0.724 bits per heavy atom. The molecule has 0 unspecified atom stereocenters. The van der Waals surface area contributed by atoms with Crippen molar-refractivity contribution in [2.45, 2.75) is 103 Å². The summed E-state index contributed by atoms with van der Waals surface area (Å²) in [6.45, 7) is 24.9. The fourth-order valence-electron chi connectivity index (χ4n) is 8.93. The fourth-order valence-corrected chi connectivity index (χ4v) is 8.93. The first kappa shape index (κ1) is 68.6. The maximum Gasteiger partial charge on any atom is 0.222 e. The molecule has 2 amide bonds. The first-order chi connectivity index (χ1) is 37.7. The third kappa shape index (κ3) is 43.1. The van der Waals surface area contributed by atoms with Gasteiger partial charge in [0.1, 0.15) is 0 Å². The summed E-state index contributed by atoms with van der Waals surface area (Å²) < 4.78 is 69.5. The highest BCUT2D eigenvalue weighted by Crippen LogP contribution is 2.13. The van der Waals surface area contributed by atoms with Gasteiger partial charge in [0.25, 0.3) is 0 Å². The summed E-state index contributed by atoms with van der Waals surface area (Å²) in [6, 6.07) is 0. The van der Waals surface area contributed by atoms with Crippen molar-refractivity contribution < 1.29 is 66.4 Å². The molecule has 448 valence electrons. The highest BCUT2D eigenvalue weighted by molar-refractivity contribution is 5.76. The molecule has 76 heavy (non-hydrogen) atoms. The van der Waals surface area contributed by atoms with Crippen LogP contribution >= 0.6 is 0 Å². The van der Waals surface area contributed by atoms with Crippen molar-refractivity contribution in [2.24, 2.45) is 0 Å². The van der Waals surface area contributed by atoms with E-state index in [1.54, 1.807) is 0 Å². The summed E-state index contributed by atoms with van der Waals surface area (Å²) in [5.74, 6) is 0.308. The number of ether oxygens (including phenoxy) is 12. The molecule has 3 aliphatic heterocycles. The molecule has 0 aromatic rings. The molecule has 0 spiro atoms. The molecule has 0 radical (unpaired) electrons. The molecule has 3 fully saturated rings. The smallest absolute Gasteiger partial charge is 0.222 e. The average molecular weight is 1090 g/mol. The lowest BCUT2D eigenvalue weighted by Gasteiger charge is -2.24. The molecule has 2 N–H and O–H groups in total. The number of amides is 2. The Hall–Kier alpha value is -1.70. The van der Waals surface area contributed by atoms with E-state index in [0.717, 1.165) is 117 Å². The molecule has 3 aliphatic rings. The second-order valence-corrected chi connectivity index (χ2v) is 19.7. The van der Waals surface area contributed by atoms with Crippen molar-refractivity contribution in [1.82, 2.24) is 30.2 Å². The number of nitrogens with zero attached hydrogens (tertiary/aromatic N) is 4. The Morgan fingerprint density at radius 1 is 0.250 bits per heavy atom. The van der Waals surface area contributed by atoms with E-state index in [4.69, 9.17) is 56.8 Å². The summed E-state index contributed by atoms with van der Waals surface area (Å²) >= 11 is 0. The molecule has 20 heteroatoms. The Bertz CT molecular complexity index is 1130. The minimum absolute atomic E-state index is 0.154. The molecule has 0 aromatic heterocycles. The van der Waals surface area contributed by atoms with Crippen LogP contribution in [0.25, 0.3) is 0 Å². The van der Waals surface area contributed by atoms with Gasteiger partial charge in [0.15, 0.2) is 0 Å². The number of carbonyl (C=O) groups is 2. The summed E-state index contributed by atoms with van der Waals surface area (Å²) in [4.78, 5) is 35.2. The van der Waals surface area contributed by atoms with Crippen LogP contribution in [0.4, 0.5) is 0 Å². The monoisotopic (exact) mass is 1090 g/mol. The van der Waals surface area contributed by atoms with Crippen molar-refractivity contribution in [3.05, 3.63) is 0 Å². The van der Waals surface area contributed by atoms with Crippen molar-refractivity contribution in [3.8, 4) is 0 Å². The topological polar surface area (TPSA) is 182 Å². The maximum atomic E-state index is 13.3. The Labute approximate surface area is 460 Å². The Kier molecular flexibility index (Phi) is 48.6. The van der Waals surface area contributed by atoms with Crippen molar-refractivity contribution in [1.29, 1.82) is 0 Å². The Balaban J connectivity index is 1.20. The number of rotatable bonds is 20. The van der Waals surface area contributed by atoms with E-state index < -0.39 is 0 Å². The number of unbranched alkanes of at least 4 members (excludes halogenated alkanes) is 12. The molecular weight excluding hydrogens is 981 g/mol. The molecule has 20 nitrogen and oxygen atoms in total. The number of hydrogen-bond donors (Lipinski definition) is 2. The van der Waals surface area contributed by atoms with E-state index in [9.17, 15) is 9.59 Å². The second-order valence-electron chi connectivity index (χ2n) is 19.7. The van der Waals surface area contributed by atoms with Gasteiger partial charge in [-0.15, -0.1) is 0 Å². The molecular formula is C56H110N6O14. The van der Waals surface area contributed by atoms with Crippen LogP contribution in [0.5, 0.6) is 0 Å². The fraction of sp³-hybridized carbons (Fsp3) is 0.964. The normalized spacial score (nSPS) is 21.5. The SMILES string of the molecule is O=C(CCCCCCCCCN1CCOCCOCCNCCOCCOCC1)N1CCOCCOCCN(C(=O)CCCCCCCCCN2CCOCCOCCNCCOCCOCC2)CCOCCOCC1. The molecule has 0 atom stereocenters. The summed E-state index contributed by atoms with van der Waals surface area (Å²) in [7, 11) is 0. The molecule has 0 saturated carbocycles. The van der Waals surface area contributed by atoms with Gasteiger partial charge in [0.2, 0.25) is 11.8 Å². The van der Waals surface area contributed by atoms with Crippen LogP contribution < -0.4 is 10.6 Å². The predicted octanol–water partition coefficient (Wildman–Crippen LogP) is 3.91. The second kappa shape index (κ2) is 53.9. The van der Waals surface area contributed by atoms with Crippen LogP contribution in [0, 0.1) is 0 Å². The van der Waals surface area contributed by atoms with Crippen LogP contribution in [-0.4, -0.2) is 282 Å². The highest BCUT2D eigenvalue weighted by Gasteiger charge is 2.16. The molecule has 0 bridgehead atoms.